The topological polar surface area (TPSA) is 9.23 Å². The predicted molar refractivity (Wildman–Crippen MR) is 70.0 cm³/mol. The zero-order chi connectivity index (χ0) is 10.6. The van der Waals surface area contributed by atoms with Crippen molar-refractivity contribution in [3.63, 3.8) is 0 Å². The van der Waals surface area contributed by atoms with Crippen molar-refractivity contribution in [3.8, 4) is 5.75 Å². The quantitative estimate of drug-likeness (QED) is 0.680. The van der Waals surface area contributed by atoms with Crippen LogP contribution in [-0.4, -0.2) is 6.61 Å². The van der Waals surface area contributed by atoms with Gasteiger partial charge in [0.2, 0.25) is 0 Å². The molecule has 0 atom stereocenters. The third kappa shape index (κ3) is 3.57. The second kappa shape index (κ2) is 6.16. The van der Waals surface area contributed by atoms with Crippen molar-refractivity contribution in [2.24, 2.45) is 0 Å². The number of benzene rings is 1. The molecule has 1 aromatic rings. The zero-order valence-corrected chi connectivity index (χ0v) is 12.5. The molecule has 0 saturated carbocycles. The second-order valence-corrected chi connectivity index (χ2v) is 5.25. The molecule has 1 nitrogen and oxygen atoms in total. The van der Waals surface area contributed by atoms with Crippen LogP contribution < -0.4 is 4.74 Å². The summed E-state index contributed by atoms with van der Waals surface area (Å²) < 4.78 is 8.24. The fraction of sp³-hybridized carbons (Fsp3) is 0.111. The van der Waals surface area contributed by atoms with Crippen molar-refractivity contribution >= 4 is 59.4 Å². The number of rotatable bonds is 3. The monoisotopic (exact) mass is 402 g/mol. The number of halogens is 4. The van der Waals surface area contributed by atoms with Gasteiger partial charge in [0.15, 0.2) is 0 Å². The smallest absolute Gasteiger partial charge is 0.148 e. The van der Waals surface area contributed by atoms with Crippen molar-refractivity contribution in [3.05, 3.63) is 37.2 Å². The molecule has 0 radical (unpaired) electrons. The molecule has 0 aromatic heterocycles. The van der Waals surface area contributed by atoms with E-state index in [1.165, 1.54) is 5.54 Å². The Morgan fingerprint density at radius 1 is 1.21 bits per heavy atom. The minimum Gasteiger partial charge on any atom is -0.487 e. The van der Waals surface area contributed by atoms with Gasteiger partial charge in [0, 0.05) is 10.0 Å². The van der Waals surface area contributed by atoms with Gasteiger partial charge < -0.3 is 4.74 Å². The molecule has 0 amide bonds. The Bertz CT molecular complexity index is 329. The molecule has 76 valence electrons. The molecule has 0 spiro atoms. The second-order valence-electron chi connectivity index (χ2n) is 2.37. The average molecular weight is 405 g/mol. The molecule has 0 N–H and O–H groups in total. The zero-order valence-electron chi connectivity index (χ0n) is 6.94. The summed E-state index contributed by atoms with van der Waals surface area (Å²) in [7, 11) is 0. The van der Waals surface area contributed by atoms with E-state index < -0.39 is 0 Å². The Kier molecular flexibility index (Phi) is 5.52. The lowest BCUT2D eigenvalue weighted by molar-refractivity contribution is 0.358. The molecule has 0 aliphatic heterocycles. The Balaban J connectivity index is 2.85. The highest BCUT2D eigenvalue weighted by Crippen LogP contribution is 2.36. The van der Waals surface area contributed by atoms with Crippen LogP contribution in [0.1, 0.15) is 0 Å². The standard InChI is InChI=1S/C9H6Br3ClO/c10-6-4-7(11)9(8(12)5-6)14-3-1-2-13/h1-2,4-5H,3H2. The molecular weight excluding hydrogens is 399 g/mol. The van der Waals surface area contributed by atoms with Gasteiger partial charge in [-0.2, -0.15) is 0 Å². The van der Waals surface area contributed by atoms with Gasteiger partial charge >= 0.3 is 0 Å². The maximum Gasteiger partial charge on any atom is 0.148 e. The largest absolute Gasteiger partial charge is 0.487 e. The van der Waals surface area contributed by atoms with Crippen molar-refractivity contribution in [2.45, 2.75) is 0 Å². The van der Waals surface area contributed by atoms with E-state index in [1.807, 2.05) is 12.1 Å². The molecule has 0 aliphatic carbocycles. The minimum absolute atomic E-state index is 0.447. The lowest BCUT2D eigenvalue weighted by atomic mass is 10.3. The van der Waals surface area contributed by atoms with Crippen molar-refractivity contribution in [1.29, 1.82) is 0 Å². The SMILES string of the molecule is ClC=CCOc1c(Br)cc(Br)cc1Br. The summed E-state index contributed by atoms with van der Waals surface area (Å²) in [5, 5.41) is 0. The summed E-state index contributed by atoms with van der Waals surface area (Å²) in [6.07, 6.45) is 1.72. The Morgan fingerprint density at radius 3 is 2.29 bits per heavy atom. The van der Waals surface area contributed by atoms with Crippen molar-refractivity contribution in [1.82, 2.24) is 0 Å². The van der Waals surface area contributed by atoms with Crippen LogP contribution >= 0.6 is 59.4 Å². The first-order valence-corrected chi connectivity index (χ1v) is 6.49. The van der Waals surface area contributed by atoms with Crippen LogP contribution in [0.25, 0.3) is 0 Å². The summed E-state index contributed by atoms with van der Waals surface area (Å²) in [4.78, 5) is 0. The Hall–Kier alpha value is 0.490. The average Bonchev–Trinajstić information content (AvgIpc) is 2.09. The molecule has 0 bridgehead atoms. The fourth-order valence-electron chi connectivity index (χ4n) is 0.835. The van der Waals surface area contributed by atoms with Gasteiger partial charge in [0.1, 0.15) is 12.4 Å². The highest BCUT2D eigenvalue weighted by atomic mass is 79.9. The van der Waals surface area contributed by atoms with E-state index in [4.69, 9.17) is 16.3 Å². The van der Waals surface area contributed by atoms with Gasteiger partial charge in [0.05, 0.1) is 8.95 Å². The normalized spacial score (nSPS) is 10.9. The van der Waals surface area contributed by atoms with E-state index >= 15 is 0 Å². The van der Waals surface area contributed by atoms with Crippen LogP contribution in [0, 0.1) is 0 Å². The van der Waals surface area contributed by atoms with E-state index in [0.717, 1.165) is 19.2 Å². The predicted octanol–water partition coefficient (Wildman–Crippen LogP) is 5.11. The van der Waals surface area contributed by atoms with Gasteiger partial charge in [-0.25, -0.2) is 0 Å². The van der Waals surface area contributed by atoms with E-state index in [9.17, 15) is 0 Å². The van der Waals surface area contributed by atoms with Crippen LogP contribution in [0.2, 0.25) is 0 Å². The molecule has 5 heteroatoms. The van der Waals surface area contributed by atoms with Crippen LogP contribution in [0.4, 0.5) is 0 Å². The summed E-state index contributed by atoms with van der Waals surface area (Å²) in [5.41, 5.74) is 1.43. The molecule has 1 aromatic carbocycles. The lowest BCUT2D eigenvalue weighted by Crippen LogP contribution is -1.94. The number of ether oxygens (including phenoxy) is 1. The maximum atomic E-state index is 5.48. The molecule has 0 heterocycles. The van der Waals surface area contributed by atoms with E-state index in [2.05, 4.69) is 47.8 Å². The third-order valence-corrected chi connectivity index (χ3v) is 3.19. The molecule has 0 aliphatic rings. The molecule has 0 unspecified atom stereocenters. The van der Waals surface area contributed by atoms with Gasteiger partial charge in [-0.3, -0.25) is 0 Å². The maximum absolute atomic E-state index is 5.48. The van der Waals surface area contributed by atoms with Gasteiger partial charge in [-0.1, -0.05) is 27.5 Å². The molecule has 0 saturated heterocycles. The first-order valence-electron chi connectivity index (χ1n) is 3.67. The van der Waals surface area contributed by atoms with E-state index in [0.29, 0.717) is 6.61 Å². The van der Waals surface area contributed by atoms with Crippen LogP contribution in [0.5, 0.6) is 5.75 Å². The molecule has 14 heavy (non-hydrogen) atoms. The minimum atomic E-state index is 0.447. The highest BCUT2D eigenvalue weighted by molar-refractivity contribution is 9.11. The molecule has 1 rings (SSSR count). The summed E-state index contributed by atoms with van der Waals surface area (Å²) in [6.45, 7) is 0.447. The summed E-state index contributed by atoms with van der Waals surface area (Å²) in [5.74, 6) is 0.767. The van der Waals surface area contributed by atoms with E-state index in [1.54, 1.807) is 6.08 Å². The Labute approximate surface area is 113 Å². The van der Waals surface area contributed by atoms with Crippen molar-refractivity contribution in [2.75, 3.05) is 6.61 Å². The number of hydrogen-bond acceptors (Lipinski definition) is 1. The van der Waals surface area contributed by atoms with Crippen LogP contribution in [0.3, 0.4) is 0 Å². The highest BCUT2D eigenvalue weighted by Gasteiger charge is 2.06. The lowest BCUT2D eigenvalue weighted by Gasteiger charge is -2.08. The van der Waals surface area contributed by atoms with Gasteiger partial charge in [-0.15, -0.1) is 0 Å². The Morgan fingerprint density at radius 2 is 1.79 bits per heavy atom. The summed E-state index contributed by atoms with van der Waals surface area (Å²) in [6, 6.07) is 3.84. The third-order valence-electron chi connectivity index (χ3n) is 1.38. The first kappa shape index (κ1) is 12.6. The molecule has 0 fully saturated rings. The first-order chi connectivity index (χ1) is 6.65. The van der Waals surface area contributed by atoms with Crippen LogP contribution in [0.15, 0.2) is 37.2 Å². The summed E-state index contributed by atoms with van der Waals surface area (Å²) >= 11 is 15.6. The fourth-order valence-corrected chi connectivity index (χ4v) is 3.40. The number of hydrogen-bond donors (Lipinski definition) is 0. The van der Waals surface area contributed by atoms with E-state index in [-0.39, 0.29) is 0 Å². The van der Waals surface area contributed by atoms with Crippen molar-refractivity contribution < 1.29 is 4.74 Å². The van der Waals surface area contributed by atoms with Gasteiger partial charge in [0.25, 0.3) is 0 Å². The van der Waals surface area contributed by atoms with Gasteiger partial charge in [-0.05, 0) is 50.1 Å². The van der Waals surface area contributed by atoms with Crippen LogP contribution in [-0.2, 0) is 0 Å². The molecular formula is C9H6Br3ClO.